The van der Waals surface area contributed by atoms with E-state index in [4.69, 9.17) is 16.7 Å². The molecule has 2 nitrogen and oxygen atoms in total. The van der Waals surface area contributed by atoms with Crippen LogP contribution in [0.3, 0.4) is 0 Å². The van der Waals surface area contributed by atoms with Gasteiger partial charge in [-0.2, -0.15) is 0 Å². The number of hydrogen-bond acceptors (Lipinski definition) is 1. The van der Waals surface area contributed by atoms with E-state index in [1.165, 1.54) is 0 Å². The van der Waals surface area contributed by atoms with Crippen molar-refractivity contribution in [1.82, 2.24) is 0 Å². The Morgan fingerprint density at radius 1 is 1.40 bits per heavy atom. The Labute approximate surface area is 94.9 Å². The molecular formula is C12H15ClO2. The van der Waals surface area contributed by atoms with Crippen molar-refractivity contribution in [2.24, 2.45) is 0 Å². The number of halogens is 1. The molecule has 1 aromatic rings. The van der Waals surface area contributed by atoms with Gasteiger partial charge in [0.15, 0.2) is 0 Å². The molecule has 3 heteroatoms. The fourth-order valence-electron chi connectivity index (χ4n) is 1.58. The predicted octanol–water partition coefficient (Wildman–Crippen LogP) is 3.36. The van der Waals surface area contributed by atoms with Gasteiger partial charge in [-0.1, -0.05) is 17.7 Å². The van der Waals surface area contributed by atoms with Gasteiger partial charge in [0, 0.05) is 11.4 Å². The maximum Gasteiger partial charge on any atom is 0.303 e. The first-order valence-corrected chi connectivity index (χ1v) is 5.36. The van der Waals surface area contributed by atoms with Crippen molar-refractivity contribution in [3.8, 4) is 0 Å². The van der Waals surface area contributed by atoms with Gasteiger partial charge >= 0.3 is 5.97 Å². The molecular weight excluding hydrogens is 212 g/mol. The second-order valence-electron chi connectivity index (χ2n) is 3.78. The number of hydrogen-bond donors (Lipinski definition) is 1. The monoisotopic (exact) mass is 226 g/mol. The van der Waals surface area contributed by atoms with Gasteiger partial charge < -0.3 is 5.11 Å². The minimum atomic E-state index is -0.744. The van der Waals surface area contributed by atoms with Crippen LogP contribution in [0.1, 0.15) is 29.5 Å². The molecule has 0 aliphatic heterocycles. The molecule has 1 N–H and O–H groups in total. The van der Waals surface area contributed by atoms with E-state index in [2.05, 4.69) is 6.07 Å². The van der Waals surface area contributed by atoms with Crippen LogP contribution < -0.4 is 0 Å². The molecule has 15 heavy (non-hydrogen) atoms. The zero-order chi connectivity index (χ0) is 11.4. The van der Waals surface area contributed by atoms with E-state index >= 15 is 0 Å². The second-order valence-corrected chi connectivity index (χ2v) is 4.19. The Balaban J connectivity index is 2.72. The normalized spacial score (nSPS) is 10.3. The minimum absolute atomic E-state index is 0.213. The van der Waals surface area contributed by atoms with Crippen molar-refractivity contribution >= 4 is 17.6 Å². The quantitative estimate of drug-likeness (QED) is 0.855. The molecule has 0 aliphatic carbocycles. The lowest BCUT2D eigenvalue weighted by Gasteiger charge is -2.08. The van der Waals surface area contributed by atoms with Gasteiger partial charge in [-0.3, -0.25) is 4.79 Å². The molecule has 1 rings (SSSR count). The summed E-state index contributed by atoms with van der Waals surface area (Å²) in [5.74, 6) is -0.744. The van der Waals surface area contributed by atoms with Crippen molar-refractivity contribution in [1.29, 1.82) is 0 Å². The van der Waals surface area contributed by atoms with Crippen molar-refractivity contribution in [2.75, 3.05) is 0 Å². The largest absolute Gasteiger partial charge is 0.481 e. The minimum Gasteiger partial charge on any atom is -0.481 e. The zero-order valence-corrected chi connectivity index (χ0v) is 9.77. The van der Waals surface area contributed by atoms with Crippen LogP contribution in [0.5, 0.6) is 0 Å². The van der Waals surface area contributed by atoms with Crippen LogP contribution in [0.25, 0.3) is 0 Å². The van der Waals surface area contributed by atoms with Gasteiger partial charge in [-0.15, -0.1) is 0 Å². The maximum atomic E-state index is 10.4. The van der Waals surface area contributed by atoms with E-state index in [1.807, 2.05) is 19.9 Å². The van der Waals surface area contributed by atoms with E-state index in [0.717, 1.165) is 28.1 Å². The fourth-order valence-corrected chi connectivity index (χ4v) is 1.87. The van der Waals surface area contributed by atoms with Crippen LogP contribution >= 0.6 is 11.6 Å². The van der Waals surface area contributed by atoms with Gasteiger partial charge in [0.1, 0.15) is 0 Å². The molecule has 0 saturated carbocycles. The summed E-state index contributed by atoms with van der Waals surface area (Å²) in [5, 5.41) is 9.31. The standard InChI is InChI=1S/C12H15ClO2/c1-8-6-10(4-3-5-12(14)15)9(2)11(13)7-8/h6-7H,3-5H2,1-2H3,(H,14,15). The second kappa shape index (κ2) is 5.17. The van der Waals surface area contributed by atoms with E-state index in [1.54, 1.807) is 0 Å². The molecule has 0 saturated heterocycles. The molecule has 0 spiro atoms. The summed E-state index contributed by atoms with van der Waals surface area (Å²) in [6, 6.07) is 4.00. The molecule has 0 fully saturated rings. The summed E-state index contributed by atoms with van der Waals surface area (Å²) in [6.07, 6.45) is 1.65. The highest BCUT2D eigenvalue weighted by atomic mass is 35.5. The van der Waals surface area contributed by atoms with Gasteiger partial charge in [0.2, 0.25) is 0 Å². The van der Waals surface area contributed by atoms with Crippen LogP contribution in [0.15, 0.2) is 12.1 Å². The fraction of sp³-hybridized carbons (Fsp3) is 0.417. The number of aryl methyl sites for hydroxylation is 2. The summed E-state index contributed by atoms with van der Waals surface area (Å²) in [4.78, 5) is 10.4. The van der Waals surface area contributed by atoms with E-state index < -0.39 is 5.97 Å². The molecule has 0 heterocycles. The van der Waals surface area contributed by atoms with Gasteiger partial charge in [0.25, 0.3) is 0 Å². The van der Waals surface area contributed by atoms with Gasteiger partial charge in [-0.25, -0.2) is 0 Å². The van der Waals surface area contributed by atoms with Crippen LogP contribution in [0.4, 0.5) is 0 Å². The third-order valence-electron chi connectivity index (χ3n) is 2.43. The van der Waals surface area contributed by atoms with Gasteiger partial charge in [-0.05, 0) is 49.4 Å². The number of rotatable bonds is 4. The van der Waals surface area contributed by atoms with Crippen molar-refractivity contribution in [3.63, 3.8) is 0 Å². The molecule has 0 radical (unpaired) electrons. The summed E-state index contributed by atoms with van der Waals surface area (Å²) in [6.45, 7) is 3.96. The van der Waals surface area contributed by atoms with Crippen LogP contribution in [0.2, 0.25) is 5.02 Å². The highest BCUT2D eigenvalue weighted by Crippen LogP contribution is 2.22. The molecule has 0 aromatic heterocycles. The van der Waals surface area contributed by atoms with E-state index in [9.17, 15) is 4.79 Å². The van der Waals surface area contributed by atoms with Crippen LogP contribution in [0, 0.1) is 13.8 Å². The molecule has 0 unspecified atom stereocenters. The summed E-state index contributed by atoms with van der Waals surface area (Å²) < 4.78 is 0. The Hall–Kier alpha value is -1.02. The molecule has 0 aliphatic rings. The highest BCUT2D eigenvalue weighted by Gasteiger charge is 2.05. The van der Waals surface area contributed by atoms with Crippen molar-refractivity contribution < 1.29 is 9.90 Å². The number of carboxylic acid groups (broad SMARTS) is 1. The van der Waals surface area contributed by atoms with E-state index in [0.29, 0.717) is 6.42 Å². The van der Waals surface area contributed by atoms with Crippen molar-refractivity contribution in [2.45, 2.75) is 33.1 Å². The molecule has 1 aromatic carbocycles. The number of carbonyl (C=O) groups is 1. The number of benzene rings is 1. The van der Waals surface area contributed by atoms with Crippen molar-refractivity contribution in [3.05, 3.63) is 33.8 Å². The molecule has 0 bridgehead atoms. The number of aliphatic carboxylic acids is 1. The topological polar surface area (TPSA) is 37.3 Å². The average Bonchev–Trinajstić information content (AvgIpc) is 2.12. The summed E-state index contributed by atoms with van der Waals surface area (Å²) >= 11 is 6.04. The van der Waals surface area contributed by atoms with E-state index in [-0.39, 0.29) is 6.42 Å². The third-order valence-corrected chi connectivity index (χ3v) is 2.83. The lowest BCUT2D eigenvalue weighted by atomic mass is 10.0. The first-order chi connectivity index (χ1) is 7.00. The third kappa shape index (κ3) is 3.56. The number of carboxylic acids is 1. The summed E-state index contributed by atoms with van der Waals surface area (Å²) in [5.41, 5.74) is 3.34. The summed E-state index contributed by atoms with van der Waals surface area (Å²) in [7, 11) is 0. The predicted molar refractivity (Wildman–Crippen MR) is 61.5 cm³/mol. The van der Waals surface area contributed by atoms with Gasteiger partial charge in [0.05, 0.1) is 0 Å². The lowest BCUT2D eigenvalue weighted by Crippen LogP contribution is -1.98. The lowest BCUT2D eigenvalue weighted by molar-refractivity contribution is -0.137. The molecule has 0 atom stereocenters. The zero-order valence-electron chi connectivity index (χ0n) is 9.01. The smallest absolute Gasteiger partial charge is 0.303 e. The SMILES string of the molecule is Cc1cc(Cl)c(C)c(CCCC(=O)O)c1. The molecule has 0 amide bonds. The first kappa shape index (κ1) is 12.1. The Bertz CT molecular complexity index is 372. The Morgan fingerprint density at radius 2 is 2.07 bits per heavy atom. The molecule has 82 valence electrons. The van der Waals surface area contributed by atoms with Crippen LogP contribution in [-0.2, 0) is 11.2 Å². The van der Waals surface area contributed by atoms with Crippen LogP contribution in [-0.4, -0.2) is 11.1 Å². The maximum absolute atomic E-state index is 10.4. The first-order valence-electron chi connectivity index (χ1n) is 4.98. The highest BCUT2D eigenvalue weighted by molar-refractivity contribution is 6.31. The average molecular weight is 227 g/mol. The Kier molecular flexibility index (Phi) is 4.15. The Morgan fingerprint density at radius 3 is 2.67 bits per heavy atom.